The molecule has 9 nitrogen and oxygen atoms in total. The molecule has 160 valence electrons. The average molecular weight is 420 g/mol. The van der Waals surface area contributed by atoms with Crippen molar-refractivity contribution in [3.63, 3.8) is 0 Å². The van der Waals surface area contributed by atoms with Gasteiger partial charge in [-0.15, -0.1) is 0 Å². The van der Waals surface area contributed by atoms with Crippen molar-refractivity contribution >= 4 is 17.5 Å². The van der Waals surface area contributed by atoms with Crippen LogP contribution in [0, 0.1) is 0 Å². The lowest BCUT2D eigenvalue weighted by Gasteiger charge is -2.21. The van der Waals surface area contributed by atoms with Gasteiger partial charge in [-0.25, -0.2) is 15.0 Å². The van der Waals surface area contributed by atoms with Gasteiger partial charge in [-0.2, -0.15) is 0 Å². The number of pyridine rings is 2. The third-order valence-electron chi connectivity index (χ3n) is 5.09. The Morgan fingerprint density at radius 2 is 1.94 bits per heavy atom. The largest absolute Gasteiger partial charge is 0.497 e. The molecule has 3 aromatic heterocycles. The summed E-state index contributed by atoms with van der Waals surface area (Å²) in [6.45, 7) is 0.127. The van der Waals surface area contributed by atoms with E-state index < -0.39 is 0 Å². The highest BCUT2D eigenvalue weighted by Gasteiger charge is 2.23. The van der Waals surface area contributed by atoms with Gasteiger partial charge in [-0.1, -0.05) is 0 Å². The zero-order chi connectivity index (χ0) is 21.8. The molecule has 31 heavy (non-hydrogen) atoms. The number of aryl methyl sites for hydroxylation is 1. The molecule has 1 amide bonds. The standard InChI is InChI=1S/C22H24N6O3/c1-28(13-20(29)26-19-8-7-15(31-3)12-24-19)22-16-5-4-6-17(16)25-21(27-22)18-11-14(30-2)9-10-23-18/h7-12H,4-6,13H2,1-3H3,(H,24,26,29). The zero-order valence-corrected chi connectivity index (χ0v) is 17.8. The van der Waals surface area contributed by atoms with Crippen LogP contribution in [0.15, 0.2) is 36.7 Å². The number of hydrogen-bond donors (Lipinski definition) is 1. The highest BCUT2D eigenvalue weighted by Crippen LogP contribution is 2.31. The molecule has 1 aliphatic rings. The number of ether oxygens (including phenoxy) is 2. The van der Waals surface area contributed by atoms with E-state index in [1.165, 1.54) is 0 Å². The molecule has 0 unspecified atom stereocenters. The summed E-state index contributed by atoms with van der Waals surface area (Å²) < 4.78 is 10.4. The fraction of sp³-hybridized carbons (Fsp3) is 0.318. The van der Waals surface area contributed by atoms with Crippen molar-refractivity contribution in [2.75, 3.05) is 38.0 Å². The Labute approximate surface area is 180 Å². The molecular weight excluding hydrogens is 396 g/mol. The number of aromatic nitrogens is 4. The lowest BCUT2D eigenvalue weighted by molar-refractivity contribution is -0.114. The molecule has 0 aromatic carbocycles. The van der Waals surface area contributed by atoms with Crippen molar-refractivity contribution in [3.8, 4) is 23.0 Å². The van der Waals surface area contributed by atoms with Gasteiger partial charge in [0.2, 0.25) is 5.91 Å². The molecule has 0 fully saturated rings. The van der Waals surface area contributed by atoms with E-state index in [0.29, 0.717) is 28.8 Å². The first-order valence-corrected chi connectivity index (χ1v) is 9.98. The van der Waals surface area contributed by atoms with Gasteiger partial charge in [-0.05, 0) is 37.5 Å². The van der Waals surface area contributed by atoms with Crippen LogP contribution >= 0.6 is 0 Å². The van der Waals surface area contributed by atoms with Gasteiger partial charge in [-0.3, -0.25) is 9.78 Å². The summed E-state index contributed by atoms with van der Waals surface area (Å²) in [5.74, 6) is 2.87. The van der Waals surface area contributed by atoms with E-state index in [1.54, 1.807) is 44.8 Å². The molecule has 0 radical (unpaired) electrons. The first kappa shape index (κ1) is 20.5. The second kappa shape index (κ2) is 8.95. The monoisotopic (exact) mass is 420 g/mol. The summed E-state index contributed by atoms with van der Waals surface area (Å²) in [6, 6.07) is 7.03. The number of carbonyl (C=O) groups is 1. The lowest BCUT2D eigenvalue weighted by Crippen LogP contribution is -2.31. The topological polar surface area (TPSA) is 102 Å². The number of nitrogens with one attached hydrogen (secondary N) is 1. The first-order chi connectivity index (χ1) is 15.1. The number of methoxy groups -OCH3 is 2. The lowest BCUT2D eigenvalue weighted by atomic mass is 10.2. The molecular formula is C22H24N6O3. The second-order valence-electron chi connectivity index (χ2n) is 7.22. The van der Waals surface area contributed by atoms with Gasteiger partial charge in [0.15, 0.2) is 5.82 Å². The summed E-state index contributed by atoms with van der Waals surface area (Å²) in [5, 5.41) is 2.80. The van der Waals surface area contributed by atoms with Crippen LogP contribution in [0.1, 0.15) is 17.7 Å². The van der Waals surface area contributed by atoms with Crippen LogP contribution in [-0.4, -0.2) is 53.7 Å². The Morgan fingerprint density at radius 1 is 1.10 bits per heavy atom. The SMILES string of the molecule is COc1ccc(NC(=O)CN(C)c2nc(-c3cc(OC)ccn3)nc3c2CCC3)nc1. The molecule has 0 saturated heterocycles. The minimum absolute atomic E-state index is 0.127. The maximum atomic E-state index is 12.6. The van der Waals surface area contributed by atoms with Crippen LogP contribution in [0.25, 0.3) is 11.5 Å². The van der Waals surface area contributed by atoms with Crippen LogP contribution in [0.4, 0.5) is 11.6 Å². The van der Waals surface area contributed by atoms with Gasteiger partial charge in [0, 0.05) is 30.6 Å². The Bertz CT molecular complexity index is 1090. The predicted octanol–water partition coefficient (Wildman–Crippen LogP) is 2.51. The van der Waals surface area contributed by atoms with Crippen molar-refractivity contribution < 1.29 is 14.3 Å². The van der Waals surface area contributed by atoms with Crippen molar-refractivity contribution in [2.45, 2.75) is 19.3 Å². The van der Waals surface area contributed by atoms with Crippen LogP contribution in [0.3, 0.4) is 0 Å². The van der Waals surface area contributed by atoms with Crippen molar-refractivity contribution in [1.29, 1.82) is 0 Å². The summed E-state index contributed by atoms with van der Waals surface area (Å²) in [5.41, 5.74) is 2.73. The van der Waals surface area contributed by atoms with Crippen molar-refractivity contribution in [3.05, 3.63) is 47.9 Å². The Kier molecular flexibility index (Phi) is 5.92. The highest BCUT2D eigenvalue weighted by atomic mass is 16.5. The zero-order valence-electron chi connectivity index (χ0n) is 17.8. The quantitative estimate of drug-likeness (QED) is 0.622. The smallest absolute Gasteiger partial charge is 0.245 e. The Morgan fingerprint density at radius 3 is 2.68 bits per heavy atom. The number of nitrogens with zero attached hydrogens (tertiary/aromatic N) is 5. The van der Waals surface area contributed by atoms with Crippen LogP contribution in [0.2, 0.25) is 0 Å². The molecule has 1 aliphatic carbocycles. The average Bonchev–Trinajstić information content (AvgIpc) is 3.27. The predicted molar refractivity (Wildman–Crippen MR) is 117 cm³/mol. The van der Waals surface area contributed by atoms with Gasteiger partial charge < -0.3 is 19.7 Å². The molecule has 3 aromatic rings. The number of carbonyl (C=O) groups excluding carboxylic acids is 1. The number of fused-ring (bicyclic) bond motifs is 1. The Hall–Kier alpha value is -3.75. The van der Waals surface area contributed by atoms with Gasteiger partial charge in [0.05, 0.1) is 27.0 Å². The number of hydrogen-bond acceptors (Lipinski definition) is 8. The maximum absolute atomic E-state index is 12.6. The van der Waals surface area contributed by atoms with Crippen molar-refractivity contribution in [2.24, 2.45) is 0 Å². The van der Waals surface area contributed by atoms with E-state index in [4.69, 9.17) is 19.4 Å². The number of amides is 1. The molecule has 1 N–H and O–H groups in total. The van der Waals surface area contributed by atoms with E-state index in [0.717, 1.165) is 36.3 Å². The highest BCUT2D eigenvalue weighted by molar-refractivity contribution is 5.93. The van der Waals surface area contributed by atoms with E-state index >= 15 is 0 Å². The molecule has 4 rings (SSSR count). The summed E-state index contributed by atoms with van der Waals surface area (Å²) in [7, 11) is 5.03. The molecule has 9 heteroatoms. The fourth-order valence-corrected chi connectivity index (χ4v) is 3.55. The Balaban J connectivity index is 1.56. The molecule has 0 aliphatic heterocycles. The fourth-order valence-electron chi connectivity index (χ4n) is 3.55. The summed E-state index contributed by atoms with van der Waals surface area (Å²) in [4.78, 5) is 32.5. The number of rotatable bonds is 7. The second-order valence-corrected chi connectivity index (χ2v) is 7.22. The van der Waals surface area contributed by atoms with Crippen LogP contribution in [0.5, 0.6) is 11.5 Å². The third kappa shape index (κ3) is 4.55. The minimum atomic E-state index is -0.188. The molecule has 0 saturated carbocycles. The molecule has 0 spiro atoms. The molecule has 0 bridgehead atoms. The maximum Gasteiger partial charge on any atom is 0.245 e. The van der Waals surface area contributed by atoms with E-state index in [1.807, 2.05) is 18.0 Å². The van der Waals surface area contributed by atoms with Gasteiger partial charge in [0.1, 0.15) is 28.8 Å². The van der Waals surface area contributed by atoms with Crippen LogP contribution in [-0.2, 0) is 17.6 Å². The van der Waals surface area contributed by atoms with E-state index in [-0.39, 0.29) is 12.5 Å². The van der Waals surface area contributed by atoms with Gasteiger partial charge >= 0.3 is 0 Å². The summed E-state index contributed by atoms with van der Waals surface area (Å²) >= 11 is 0. The van der Waals surface area contributed by atoms with Crippen molar-refractivity contribution in [1.82, 2.24) is 19.9 Å². The van der Waals surface area contributed by atoms with E-state index in [9.17, 15) is 4.79 Å². The van der Waals surface area contributed by atoms with Gasteiger partial charge in [0.25, 0.3) is 0 Å². The minimum Gasteiger partial charge on any atom is -0.497 e. The van der Waals surface area contributed by atoms with E-state index in [2.05, 4.69) is 15.3 Å². The third-order valence-corrected chi connectivity index (χ3v) is 5.09. The number of likely N-dealkylation sites (N-methyl/N-ethyl adjacent to an activating group) is 1. The summed E-state index contributed by atoms with van der Waals surface area (Å²) in [6.07, 6.45) is 6.02. The molecule has 0 atom stereocenters. The molecule has 3 heterocycles. The first-order valence-electron chi connectivity index (χ1n) is 9.98. The number of anilines is 2. The van der Waals surface area contributed by atoms with Crippen LogP contribution < -0.4 is 19.7 Å². The normalized spacial score (nSPS) is 12.2.